The molecular weight excluding hydrogens is 352 g/mol. The van der Waals surface area contributed by atoms with Gasteiger partial charge in [-0.3, -0.25) is 14.5 Å². The molecule has 1 aliphatic rings. The Labute approximate surface area is 162 Å². The molecule has 138 valence electrons. The van der Waals surface area contributed by atoms with Crippen LogP contribution in [0, 0.1) is 18.3 Å². The zero-order chi connectivity index (χ0) is 19.8. The first-order chi connectivity index (χ1) is 13.5. The van der Waals surface area contributed by atoms with Gasteiger partial charge in [-0.1, -0.05) is 0 Å². The van der Waals surface area contributed by atoms with E-state index in [4.69, 9.17) is 0 Å². The summed E-state index contributed by atoms with van der Waals surface area (Å²) in [7, 11) is 1.83. The van der Waals surface area contributed by atoms with E-state index < -0.39 is 0 Å². The summed E-state index contributed by atoms with van der Waals surface area (Å²) in [5, 5.41) is 20.0. The van der Waals surface area contributed by atoms with Crippen LogP contribution in [0.15, 0.2) is 48.6 Å². The number of rotatable bonds is 3. The summed E-state index contributed by atoms with van der Waals surface area (Å²) in [4.78, 5) is 16.8. The lowest BCUT2D eigenvalue weighted by Gasteiger charge is -2.11. The second kappa shape index (κ2) is 6.67. The van der Waals surface area contributed by atoms with Gasteiger partial charge >= 0.3 is 0 Å². The van der Waals surface area contributed by atoms with E-state index in [1.54, 1.807) is 23.1 Å². The lowest BCUT2D eigenvalue weighted by molar-refractivity contribution is -0.110. The molecule has 0 spiro atoms. The first kappa shape index (κ1) is 17.5. The number of nitrogens with zero attached hydrogens (tertiary/aromatic N) is 4. The summed E-state index contributed by atoms with van der Waals surface area (Å²) in [6, 6.07) is 9.57. The molecule has 28 heavy (non-hydrogen) atoms. The fourth-order valence-corrected chi connectivity index (χ4v) is 3.39. The summed E-state index contributed by atoms with van der Waals surface area (Å²) >= 11 is 0. The van der Waals surface area contributed by atoms with Crippen molar-refractivity contribution in [3.05, 3.63) is 65.2 Å². The first-order valence-electron chi connectivity index (χ1n) is 8.76. The Kier molecular flexibility index (Phi) is 4.17. The lowest BCUT2D eigenvalue weighted by Crippen LogP contribution is -2.09. The Hall–Kier alpha value is -3.92. The maximum atomic E-state index is 12.7. The standard InChI is InChI=1S/C21H18N6O/c1-12-4-6-23-11-17(12)15-9-16-18(8-14(15)10-22)25-21(28)20(16)13(2)24-19-5-7-27(3)26-19/h4-9,11H,1-3H3,(H,24,26)(H,25,28)/b20-13-. The van der Waals surface area contributed by atoms with E-state index in [-0.39, 0.29) is 5.91 Å². The van der Waals surface area contributed by atoms with Crippen molar-refractivity contribution in [2.24, 2.45) is 7.05 Å². The second-order valence-electron chi connectivity index (χ2n) is 6.70. The number of benzene rings is 1. The van der Waals surface area contributed by atoms with Crippen molar-refractivity contribution in [1.29, 1.82) is 5.26 Å². The highest BCUT2D eigenvalue weighted by Crippen LogP contribution is 2.39. The fourth-order valence-electron chi connectivity index (χ4n) is 3.39. The van der Waals surface area contributed by atoms with Gasteiger partial charge in [0.2, 0.25) is 0 Å². The normalized spacial score (nSPS) is 14.3. The van der Waals surface area contributed by atoms with Crippen molar-refractivity contribution in [1.82, 2.24) is 14.8 Å². The van der Waals surface area contributed by atoms with Crippen molar-refractivity contribution in [2.45, 2.75) is 13.8 Å². The summed E-state index contributed by atoms with van der Waals surface area (Å²) in [5.74, 6) is 0.450. The van der Waals surface area contributed by atoms with Crippen molar-refractivity contribution < 1.29 is 4.79 Å². The molecule has 0 unspecified atom stereocenters. The van der Waals surface area contributed by atoms with Crippen LogP contribution in [0.3, 0.4) is 0 Å². The number of pyridine rings is 1. The van der Waals surface area contributed by atoms with Crippen LogP contribution in [0.2, 0.25) is 0 Å². The molecule has 4 rings (SSSR count). The second-order valence-corrected chi connectivity index (χ2v) is 6.70. The molecule has 3 heterocycles. The van der Waals surface area contributed by atoms with E-state index in [0.717, 1.165) is 22.3 Å². The number of hydrogen-bond donors (Lipinski definition) is 2. The predicted molar refractivity (Wildman–Crippen MR) is 107 cm³/mol. The van der Waals surface area contributed by atoms with Crippen LogP contribution < -0.4 is 10.6 Å². The van der Waals surface area contributed by atoms with Gasteiger partial charge in [0.15, 0.2) is 5.82 Å². The third kappa shape index (κ3) is 2.91. The maximum Gasteiger partial charge on any atom is 0.258 e. The van der Waals surface area contributed by atoms with Gasteiger partial charge < -0.3 is 10.6 Å². The van der Waals surface area contributed by atoms with Crippen LogP contribution in [0.1, 0.15) is 23.6 Å². The average Bonchev–Trinajstić information content (AvgIpc) is 3.22. The van der Waals surface area contributed by atoms with Gasteiger partial charge in [-0.15, -0.1) is 0 Å². The molecule has 0 aliphatic carbocycles. The van der Waals surface area contributed by atoms with Gasteiger partial charge in [-0.2, -0.15) is 10.4 Å². The Morgan fingerprint density at radius 2 is 2.07 bits per heavy atom. The number of aryl methyl sites for hydroxylation is 2. The smallest absolute Gasteiger partial charge is 0.258 e. The third-order valence-electron chi connectivity index (χ3n) is 4.76. The highest BCUT2D eigenvalue weighted by atomic mass is 16.2. The molecule has 0 bridgehead atoms. The molecule has 1 aliphatic heterocycles. The SMILES string of the molecule is C/C(Nc1ccn(C)n1)=C1/C(=O)Nc2cc(C#N)c(-c3cnccc3C)cc21. The zero-order valence-corrected chi connectivity index (χ0v) is 15.7. The summed E-state index contributed by atoms with van der Waals surface area (Å²) in [5.41, 5.74) is 5.74. The number of hydrogen-bond acceptors (Lipinski definition) is 5. The summed E-state index contributed by atoms with van der Waals surface area (Å²) < 4.78 is 1.69. The highest BCUT2D eigenvalue weighted by molar-refractivity contribution is 6.32. The molecule has 0 radical (unpaired) electrons. The molecule has 0 saturated heterocycles. The Morgan fingerprint density at radius 3 is 2.75 bits per heavy atom. The number of carbonyl (C=O) groups excluding carboxylic acids is 1. The number of amides is 1. The Bertz CT molecular complexity index is 1180. The van der Waals surface area contributed by atoms with Crippen LogP contribution in [-0.2, 0) is 11.8 Å². The molecule has 3 aromatic rings. The van der Waals surface area contributed by atoms with Crippen LogP contribution in [-0.4, -0.2) is 20.7 Å². The van der Waals surface area contributed by atoms with Crippen LogP contribution in [0.25, 0.3) is 16.7 Å². The van der Waals surface area contributed by atoms with Gasteiger partial charge in [-0.05, 0) is 37.6 Å². The third-order valence-corrected chi connectivity index (χ3v) is 4.76. The molecule has 2 N–H and O–H groups in total. The molecule has 7 nitrogen and oxygen atoms in total. The fraction of sp³-hybridized carbons (Fsp3) is 0.143. The molecule has 0 atom stereocenters. The lowest BCUT2D eigenvalue weighted by atomic mass is 9.93. The average molecular weight is 370 g/mol. The first-order valence-corrected chi connectivity index (χ1v) is 8.76. The Balaban J connectivity index is 1.86. The van der Waals surface area contributed by atoms with Gasteiger partial charge in [0.05, 0.1) is 22.9 Å². The number of allylic oxidation sites excluding steroid dienone is 1. The quantitative estimate of drug-likeness (QED) is 0.689. The number of anilines is 2. The van der Waals surface area contributed by atoms with Crippen LogP contribution in [0.4, 0.5) is 11.5 Å². The monoisotopic (exact) mass is 370 g/mol. The molecule has 2 aromatic heterocycles. The minimum Gasteiger partial charge on any atom is -0.342 e. The molecule has 1 aromatic carbocycles. The zero-order valence-electron chi connectivity index (χ0n) is 15.7. The maximum absolute atomic E-state index is 12.7. The van der Waals surface area contributed by atoms with Crippen LogP contribution >= 0.6 is 0 Å². The molecule has 7 heteroatoms. The largest absolute Gasteiger partial charge is 0.342 e. The number of fused-ring (bicyclic) bond motifs is 1. The molecule has 1 amide bonds. The predicted octanol–water partition coefficient (Wildman–Crippen LogP) is 3.46. The van der Waals surface area contributed by atoms with E-state index in [0.29, 0.717) is 28.3 Å². The van der Waals surface area contributed by atoms with Gasteiger partial charge in [0.25, 0.3) is 5.91 Å². The Morgan fingerprint density at radius 1 is 1.25 bits per heavy atom. The van der Waals surface area contributed by atoms with Crippen LogP contribution in [0.5, 0.6) is 0 Å². The van der Waals surface area contributed by atoms with Gasteiger partial charge in [-0.25, -0.2) is 0 Å². The van der Waals surface area contributed by atoms with Gasteiger partial charge in [0.1, 0.15) is 0 Å². The van der Waals surface area contributed by atoms with E-state index in [2.05, 4.69) is 26.8 Å². The van der Waals surface area contributed by atoms with E-state index in [1.807, 2.05) is 45.3 Å². The molecule has 0 saturated carbocycles. The van der Waals surface area contributed by atoms with Crippen molar-refractivity contribution in [3.63, 3.8) is 0 Å². The van der Waals surface area contributed by atoms with E-state index >= 15 is 0 Å². The number of nitrogens with one attached hydrogen (secondary N) is 2. The minimum absolute atomic E-state index is 0.208. The summed E-state index contributed by atoms with van der Waals surface area (Å²) in [6.07, 6.45) is 5.28. The molecular formula is C21H18N6O. The number of nitriles is 1. The highest BCUT2D eigenvalue weighted by Gasteiger charge is 2.28. The van der Waals surface area contributed by atoms with E-state index in [1.165, 1.54) is 0 Å². The number of carbonyl (C=O) groups is 1. The number of aromatic nitrogens is 3. The van der Waals surface area contributed by atoms with Crippen molar-refractivity contribution in [3.8, 4) is 17.2 Å². The van der Waals surface area contributed by atoms with Crippen molar-refractivity contribution in [2.75, 3.05) is 10.6 Å². The molecule has 0 fully saturated rings. The minimum atomic E-state index is -0.208. The van der Waals surface area contributed by atoms with Crippen molar-refractivity contribution >= 4 is 23.0 Å². The van der Waals surface area contributed by atoms with Gasteiger partial charge in [0, 0.05) is 54.1 Å². The van der Waals surface area contributed by atoms with E-state index in [9.17, 15) is 10.1 Å². The summed E-state index contributed by atoms with van der Waals surface area (Å²) in [6.45, 7) is 3.81. The topological polar surface area (TPSA) is 95.6 Å².